The molecule has 0 amide bonds. The Labute approximate surface area is 124 Å². The lowest BCUT2D eigenvalue weighted by atomic mass is 10.1. The molecule has 0 saturated heterocycles. The third kappa shape index (κ3) is 4.29. The summed E-state index contributed by atoms with van der Waals surface area (Å²) in [6.07, 6.45) is 2.02. The monoisotopic (exact) mass is 318 g/mol. The van der Waals surface area contributed by atoms with Crippen LogP contribution in [0.15, 0.2) is 17.2 Å². The molecule has 0 bridgehead atoms. The van der Waals surface area contributed by atoms with E-state index in [1.165, 1.54) is 10.8 Å². The molecule has 1 rings (SSSR count). The van der Waals surface area contributed by atoms with E-state index >= 15 is 0 Å². The van der Waals surface area contributed by atoms with Crippen LogP contribution in [0.2, 0.25) is 0 Å². The molecule has 120 valence electrons. The Morgan fingerprint density at radius 3 is 2.52 bits per heavy atom. The van der Waals surface area contributed by atoms with Gasteiger partial charge in [-0.25, -0.2) is 17.9 Å². The van der Waals surface area contributed by atoms with Crippen LogP contribution in [-0.4, -0.2) is 41.8 Å². The van der Waals surface area contributed by atoms with Gasteiger partial charge in [0.15, 0.2) is 0 Å². The number of aromatic nitrogens is 1. The molecule has 2 atom stereocenters. The predicted octanol–water partition coefficient (Wildman–Crippen LogP) is 0.891. The molecule has 1 aromatic rings. The Morgan fingerprint density at radius 2 is 2.05 bits per heavy atom. The Bertz CT molecular complexity index is 594. The number of carbonyl (C=O) groups is 1. The normalized spacial score (nSPS) is 14.9. The van der Waals surface area contributed by atoms with Crippen LogP contribution in [0.5, 0.6) is 0 Å². The van der Waals surface area contributed by atoms with Crippen molar-refractivity contribution >= 4 is 16.0 Å². The van der Waals surface area contributed by atoms with Crippen molar-refractivity contribution in [1.29, 1.82) is 0 Å². The van der Waals surface area contributed by atoms with Gasteiger partial charge in [0.2, 0.25) is 10.0 Å². The van der Waals surface area contributed by atoms with E-state index < -0.39 is 22.0 Å². The number of sulfonamides is 1. The molecule has 21 heavy (non-hydrogen) atoms. The molecule has 0 aromatic carbocycles. The molecular formula is C13H22N2O5S. The third-order valence-electron chi connectivity index (χ3n) is 3.35. The summed E-state index contributed by atoms with van der Waals surface area (Å²) in [4.78, 5) is 11.1. The average Bonchev–Trinajstić information content (AvgIpc) is 2.82. The van der Waals surface area contributed by atoms with Crippen molar-refractivity contribution in [2.24, 2.45) is 5.92 Å². The van der Waals surface area contributed by atoms with Gasteiger partial charge in [-0.15, -0.1) is 0 Å². The highest BCUT2D eigenvalue weighted by molar-refractivity contribution is 7.89. The lowest BCUT2D eigenvalue weighted by Gasteiger charge is -2.18. The highest BCUT2D eigenvalue weighted by atomic mass is 32.2. The number of hydrogen-bond acceptors (Lipinski definition) is 4. The maximum absolute atomic E-state index is 12.3. The number of aliphatic hydroxyl groups excluding tert-OH is 1. The lowest BCUT2D eigenvalue weighted by molar-refractivity contribution is 0.0685. The second kappa shape index (κ2) is 7.06. The molecule has 8 heteroatoms. The minimum absolute atomic E-state index is 0.0555. The van der Waals surface area contributed by atoms with Gasteiger partial charge >= 0.3 is 5.97 Å². The van der Waals surface area contributed by atoms with E-state index in [9.17, 15) is 13.2 Å². The SMILES string of the molecule is CCCn1cc(S(=O)(=O)NC(C)C(C)CO)cc1C(=O)O. The summed E-state index contributed by atoms with van der Waals surface area (Å²) in [5.74, 6) is -1.40. The minimum atomic E-state index is -3.81. The van der Waals surface area contributed by atoms with Gasteiger partial charge in [-0.1, -0.05) is 13.8 Å². The summed E-state index contributed by atoms with van der Waals surface area (Å²) < 4.78 is 28.4. The first kappa shape index (κ1) is 17.7. The van der Waals surface area contributed by atoms with Gasteiger partial charge in [0, 0.05) is 25.4 Å². The van der Waals surface area contributed by atoms with Crippen molar-refractivity contribution in [3.63, 3.8) is 0 Å². The maximum atomic E-state index is 12.3. The first-order valence-corrected chi connectivity index (χ1v) is 8.27. The first-order chi connectivity index (χ1) is 9.72. The van der Waals surface area contributed by atoms with Crippen LogP contribution in [0, 0.1) is 5.92 Å². The number of nitrogens with one attached hydrogen (secondary N) is 1. The molecule has 0 aliphatic rings. The topological polar surface area (TPSA) is 109 Å². The van der Waals surface area contributed by atoms with Crippen LogP contribution >= 0.6 is 0 Å². The molecule has 1 aromatic heterocycles. The van der Waals surface area contributed by atoms with Crippen molar-refractivity contribution in [3.8, 4) is 0 Å². The van der Waals surface area contributed by atoms with Crippen LogP contribution in [-0.2, 0) is 16.6 Å². The molecule has 0 saturated carbocycles. The largest absolute Gasteiger partial charge is 0.477 e. The third-order valence-corrected chi connectivity index (χ3v) is 4.87. The summed E-state index contributed by atoms with van der Waals surface area (Å²) in [5.41, 5.74) is -0.0555. The van der Waals surface area contributed by atoms with Crippen LogP contribution in [0.1, 0.15) is 37.7 Å². The number of carboxylic acids is 1. The van der Waals surface area contributed by atoms with E-state index in [2.05, 4.69) is 4.72 Å². The molecule has 1 heterocycles. The lowest BCUT2D eigenvalue weighted by Crippen LogP contribution is -2.38. The van der Waals surface area contributed by atoms with Crippen LogP contribution < -0.4 is 4.72 Å². The summed E-state index contributed by atoms with van der Waals surface area (Å²) in [6, 6.07) is 0.694. The number of hydrogen-bond donors (Lipinski definition) is 3. The Balaban J connectivity index is 3.08. The maximum Gasteiger partial charge on any atom is 0.352 e. The molecule has 0 aliphatic heterocycles. The Kier molecular flexibility index (Phi) is 5.94. The van der Waals surface area contributed by atoms with Crippen molar-refractivity contribution in [3.05, 3.63) is 18.0 Å². The van der Waals surface area contributed by atoms with E-state index in [1.807, 2.05) is 6.92 Å². The van der Waals surface area contributed by atoms with Crippen LogP contribution in [0.4, 0.5) is 0 Å². The summed E-state index contributed by atoms with van der Waals surface area (Å²) >= 11 is 0. The number of carboxylic acid groups (broad SMARTS) is 1. The quantitative estimate of drug-likeness (QED) is 0.659. The van der Waals surface area contributed by atoms with Gasteiger partial charge < -0.3 is 14.8 Å². The summed E-state index contributed by atoms with van der Waals surface area (Å²) in [6.45, 7) is 5.54. The van der Waals surface area contributed by atoms with Gasteiger partial charge in [0.1, 0.15) is 10.6 Å². The fraction of sp³-hybridized carbons (Fsp3) is 0.615. The van der Waals surface area contributed by atoms with E-state index in [0.29, 0.717) is 13.0 Å². The standard InChI is InChI=1S/C13H22N2O5S/c1-4-5-15-7-11(6-12(15)13(17)18)21(19,20)14-10(3)9(2)8-16/h6-7,9-10,14,16H,4-5,8H2,1-3H3,(H,17,18). The van der Waals surface area contributed by atoms with Gasteiger partial charge in [0.25, 0.3) is 0 Å². The van der Waals surface area contributed by atoms with Crippen molar-refractivity contribution in [2.45, 2.75) is 44.7 Å². The van der Waals surface area contributed by atoms with Crippen molar-refractivity contribution in [1.82, 2.24) is 9.29 Å². The van der Waals surface area contributed by atoms with Gasteiger partial charge in [-0.05, 0) is 25.3 Å². The smallest absolute Gasteiger partial charge is 0.352 e. The second-order valence-electron chi connectivity index (χ2n) is 5.13. The molecule has 0 aliphatic carbocycles. The van der Waals surface area contributed by atoms with Gasteiger partial charge in [0.05, 0.1) is 0 Å². The Morgan fingerprint density at radius 1 is 1.43 bits per heavy atom. The van der Waals surface area contributed by atoms with Gasteiger partial charge in [-0.2, -0.15) is 0 Å². The number of aryl methyl sites for hydroxylation is 1. The number of aromatic carboxylic acids is 1. The van der Waals surface area contributed by atoms with Crippen molar-refractivity contribution in [2.75, 3.05) is 6.61 Å². The molecule has 3 N–H and O–H groups in total. The summed E-state index contributed by atoms with van der Waals surface area (Å²) in [7, 11) is -3.81. The van der Waals surface area contributed by atoms with Crippen LogP contribution in [0.3, 0.4) is 0 Å². The molecule has 0 spiro atoms. The zero-order chi connectivity index (χ0) is 16.2. The van der Waals surface area contributed by atoms with E-state index in [1.54, 1.807) is 13.8 Å². The summed E-state index contributed by atoms with van der Waals surface area (Å²) in [5, 5.41) is 18.2. The van der Waals surface area contributed by atoms with E-state index in [0.717, 1.165) is 6.07 Å². The number of aliphatic hydroxyl groups is 1. The molecular weight excluding hydrogens is 296 g/mol. The minimum Gasteiger partial charge on any atom is -0.477 e. The van der Waals surface area contributed by atoms with E-state index in [4.69, 9.17) is 10.2 Å². The molecule has 2 unspecified atom stereocenters. The number of rotatable bonds is 8. The highest BCUT2D eigenvalue weighted by Crippen LogP contribution is 2.17. The second-order valence-corrected chi connectivity index (χ2v) is 6.84. The van der Waals surface area contributed by atoms with Crippen molar-refractivity contribution < 1.29 is 23.4 Å². The average molecular weight is 318 g/mol. The zero-order valence-corrected chi connectivity index (χ0v) is 13.2. The zero-order valence-electron chi connectivity index (χ0n) is 12.4. The van der Waals surface area contributed by atoms with E-state index in [-0.39, 0.29) is 23.1 Å². The molecule has 0 radical (unpaired) electrons. The fourth-order valence-electron chi connectivity index (χ4n) is 1.82. The van der Waals surface area contributed by atoms with Crippen LogP contribution in [0.25, 0.3) is 0 Å². The Hall–Kier alpha value is -1.38. The molecule has 0 fully saturated rings. The fourth-order valence-corrected chi connectivity index (χ4v) is 3.21. The molecule has 7 nitrogen and oxygen atoms in total. The number of nitrogens with zero attached hydrogens (tertiary/aromatic N) is 1. The predicted molar refractivity (Wildman–Crippen MR) is 77.7 cm³/mol. The van der Waals surface area contributed by atoms with Gasteiger partial charge in [-0.3, -0.25) is 0 Å². The highest BCUT2D eigenvalue weighted by Gasteiger charge is 2.24. The first-order valence-electron chi connectivity index (χ1n) is 6.79.